The molecule has 6 heteroatoms. The first kappa shape index (κ1) is 16.0. The van der Waals surface area contributed by atoms with E-state index in [4.69, 9.17) is 5.73 Å². The molecule has 0 aromatic heterocycles. The van der Waals surface area contributed by atoms with Crippen LogP contribution in [-0.2, 0) is 0 Å². The Morgan fingerprint density at radius 3 is 2.50 bits per heavy atom. The van der Waals surface area contributed by atoms with Gasteiger partial charge in [0.05, 0.1) is 11.6 Å². The van der Waals surface area contributed by atoms with Crippen molar-refractivity contribution in [3.8, 4) is 0 Å². The summed E-state index contributed by atoms with van der Waals surface area (Å²) in [7, 11) is 0. The van der Waals surface area contributed by atoms with Gasteiger partial charge in [-0.05, 0) is 29.7 Å². The standard InChI is InChI=1S/C18H18FN3O2/c1-11-10-22(16(11)12-5-3-2-4-6-12)18(24)21-13-7-8-14(17(20)23)15(19)9-13/h2-9,11,16H,10H2,1H3,(H2,20,23)(H,21,24)/t11-,16-/m0/s1. The van der Waals surface area contributed by atoms with Gasteiger partial charge in [-0.1, -0.05) is 37.3 Å². The zero-order valence-corrected chi connectivity index (χ0v) is 13.2. The molecule has 2 aromatic carbocycles. The third-order valence-electron chi connectivity index (χ3n) is 4.25. The Labute approximate surface area is 139 Å². The molecule has 3 amide bonds. The van der Waals surface area contributed by atoms with Crippen LogP contribution in [0.15, 0.2) is 48.5 Å². The monoisotopic (exact) mass is 327 g/mol. The number of carbonyl (C=O) groups is 2. The minimum Gasteiger partial charge on any atom is -0.366 e. The van der Waals surface area contributed by atoms with E-state index in [1.165, 1.54) is 12.1 Å². The van der Waals surface area contributed by atoms with E-state index in [0.29, 0.717) is 12.5 Å². The molecule has 0 aliphatic carbocycles. The van der Waals surface area contributed by atoms with Crippen molar-refractivity contribution in [3.05, 3.63) is 65.5 Å². The second kappa shape index (κ2) is 6.31. The number of anilines is 1. The van der Waals surface area contributed by atoms with Crippen molar-refractivity contribution >= 4 is 17.6 Å². The zero-order chi connectivity index (χ0) is 17.3. The van der Waals surface area contributed by atoms with Crippen molar-refractivity contribution < 1.29 is 14.0 Å². The zero-order valence-electron chi connectivity index (χ0n) is 13.2. The Balaban J connectivity index is 1.73. The minimum atomic E-state index is -0.842. The van der Waals surface area contributed by atoms with Gasteiger partial charge in [-0.2, -0.15) is 0 Å². The van der Waals surface area contributed by atoms with Crippen molar-refractivity contribution in [1.82, 2.24) is 4.90 Å². The lowest BCUT2D eigenvalue weighted by Gasteiger charge is -2.46. The molecule has 24 heavy (non-hydrogen) atoms. The summed E-state index contributed by atoms with van der Waals surface area (Å²) >= 11 is 0. The summed E-state index contributed by atoms with van der Waals surface area (Å²) in [6.07, 6.45) is 0. The summed E-state index contributed by atoms with van der Waals surface area (Å²) in [4.78, 5) is 25.2. The average Bonchev–Trinajstić information content (AvgIpc) is 2.53. The first-order valence-electron chi connectivity index (χ1n) is 7.69. The lowest BCUT2D eigenvalue weighted by Crippen LogP contribution is -2.53. The smallest absolute Gasteiger partial charge is 0.322 e. The number of urea groups is 1. The van der Waals surface area contributed by atoms with Crippen LogP contribution in [0.5, 0.6) is 0 Å². The van der Waals surface area contributed by atoms with E-state index in [2.05, 4.69) is 12.2 Å². The summed E-state index contributed by atoms with van der Waals surface area (Å²) in [6.45, 7) is 2.72. The predicted molar refractivity (Wildman–Crippen MR) is 89.0 cm³/mol. The summed E-state index contributed by atoms with van der Waals surface area (Å²) in [6, 6.07) is 13.3. The molecule has 0 radical (unpaired) electrons. The summed E-state index contributed by atoms with van der Waals surface area (Å²) in [5, 5.41) is 2.67. The van der Waals surface area contributed by atoms with E-state index in [0.717, 1.165) is 11.6 Å². The highest BCUT2D eigenvalue weighted by Crippen LogP contribution is 2.38. The van der Waals surface area contributed by atoms with Crippen LogP contribution in [0.4, 0.5) is 14.9 Å². The van der Waals surface area contributed by atoms with Crippen molar-refractivity contribution in [2.24, 2.45) is 11.7 Å². The molecule has 2 aromatic rings. The maximum Gasteiger partial charge on any atom is 0.322 e. The molecule has 0 saturated carbocycles. The minimum absolute atomic E-state index is 0.000870. The fourth-order valence-electron chi connectivity index (χ4n) is 3.05. The summed E-state index contributed by atoms with van der Waals surface area (Å²) in [5.41, 5.74) is 6.22. The molecule has 1 aliphatic rings. The number of nitrogens with two attached hydrogens (primary N) is 1. The van der Waals surface area contributed by atoms with E-state index in [9.17, 15) is 14.0 Å². The highest BCUT2D eigenvalue weighted by atomic mass is 19.1. The Hall–Kier alpha value is -2.89. The molecular formula is C18H18FN3O2. The predicted octanol–water partition coefficient (Wildman–Crippen LogP) is 3.15. The molecule has 5 nitrogen and oxygen atoms in total. The molecule has 1 aliphatic heterocycles. The van der Waals surface area contributed by atoms with E-state index in [1.54, 1.807) is 4.90 Å². The third kappa shape index (κ3) is 2.95. The fraction of sp³-hybridized carbons (Fsp3) is 0.222. The molecule has 0 unspecified atom stereocenters. The van der Waals surface area contributed by atoms with Gasteiger partial charge in [-0.3, -0.25) is 4.79 Å². The fourth-order valence-corrected chi connectivity index (χ4v) is 3.05. The number of nitrogens with zero attached hydrogens (tertiary/aromatic N) is 1. The molecule has 124 valence electrons. The summed E-state index contributed by atoms with van der Waals surface area (Å²) < 4.78 is 13.8. The Morgan fingerprint density at radius 2 is 1.92 bits per heavy atom. The van der Waals surface area contributed by atoms with E-state index < -0.39 is 11.7 Å². The lowest BCUT2D eigenvalue weighted by molar-refractivity contribution is 0.0671. The Bertz CT molecular complexity index is 779. The van der Waals surface area contributed by atoms with Crippen molar-refractivity contribution in [2.75, 3.05) is 11.9 Å². The first-order valence-corrected chi connectivity index (χ1v) is 7.69. The molecule has 1 saturated heterocycles. The quantitative estimate of drug-likeness (QED) is 0.908. The highest BCUT2D eigenvalue weighted by Gasteiger charge is 2.39. The van der Waals surface area contributed by atoms with Crippen LogP contribution in [0.1, 0.15) is 28.9 Å². The number of halogens is 1. The van der Waals surface area contributed by atoms with E-state index in [-0.39, 0.29) is 23.3 Å². The normalized spacial score (nSPS) is 19.5. The van der Waals surface area contributed by atoms with Crippen molar-refractivity contribution in [2.45, 2.75) is 13.0 Å². The molecule has 3 N–H and O–H groups in total. The molecular weight excluding hydrogens is 309 g/mol. The highest BCUT2D eigenvalue weighted by molar-refractivity contribution is 5.95. The van der Waals surface area contributed by atoms with Crippen LogP contribution >= 0.6 is 0 Å². The molecule has 3 rings (SSSR count). The SMILES string of the molecule is C[C@H]1CN(C(=O)Nc2ccc(C(N)=O)c(F)c2)[C@@H]1c1ccccc1. The van der Waals surface area contributed by atoms with Gasteiger partial charge in [-0.15, -0.1) is 0 Å². The molecule has 0 spiro atoms. The second-order valence-corrected chi connectivity index (χ2v) is 5.97. The lowest BCUT2D eigenvalue weighted by atomic mass is 9.85. The number of amides is 3. The van der Waals surface area contributed by atoms with Crippen LogP contribution in [-0.4, -0.2) is 23.4 Å². The number of nitrogens with one attached hydrogen (secondary N) is 1. The van der Waals surface area contributed by atoms with Gasteiger partial charge < -0.3 is 16.0 Å². The van der Waals surface area contributed by atoms with Gasteiger partial charge in [-0.25, -0.2) is 9.18 Å². The number of hydrogen-bond acceptors (Lipinski definition) is 2. The Morgan fingerprint density at radius 1 is 1.21 bits per heavy atom. The molecule has 2 atom stereocenters. The van der Waals surface area contributed by atoms with E-state index >= 15 is 0 Å². The van der Waals surface area contributed by atoms with Gasteiger partial charge in [0.1, 0.15) is 5.82 Å². The number of primary amides is 1. The van der Waals surface area contributed by atoms with Gasteiger partial charge in [0.25, 0.3) is 5.91 Å². The molecule has 0 bridgehead atoms. The van der Waals surface area contributed by atoms with Gasteiger partial charge in [0.2, 0.25) is 0 Å². The van der Waals surface area contributed by atoms with E-state index in [1.807, 2.05) is 30.3 Å². The number of hydrogen-bond donors (Lipinski definition) is 2. The van der Waals surface area contributed by atoms with Gasteiger partial charge >= 0.3 is 6.03 Å². The second-order valence-electron chi connectivity index (χ2n) is 5.97. The summed E-state index contributed by atoms with van der Waals surface area (Å²) in [5.74, 6) is -1.24. The van der Waals surface area contributed by atoms with Crippen LogP contribution in [0.2, 0.25) is 0 Å². The van der Waals surface area contributed by atoms with Crippen molar-refractivity contribution in [3.63, 3.8) is 0 Å². The van der Waals surface area contributed by atoms with Crippen molar-refractivity contribution in [1.29, 1.82) is 0 Å². The van der Waals surface area contributed by atoms with Crippen LogP contribution in [0.3, 0.4) is 0 Å². The topological polar surface area (TPSA) is 75.4 Å². The maximum absolute atomic E-state index is 13.8. The van der Waals surface area contributed by atoms with Crippen LogP contribution in [0.25, 0.3) is 0 Å². The molecule has 1 fully saturated rings. The molecule has 1 heterocycles. The maximum atomic E-state index is 13.8. The van der Waals surface area contributed by atoms with Crippen LogP contribution < -0.4 is 11.1 Å². The van der Waals surface area contributed by atoms with Crippen LogP contribution in [0, 0.1) is 11.7 Å². The average molecular weight is 327 g/mol. The number of rotatable bonds is 3. The number of likely N-dealkylation sites (tertiary alicyclic amines) is 1. The third-order valence-corrected chi connectivity index (χ3v) is 4.25. The largest absolute Gasteiger partial charge is 0.366 e. The van der Waals surface area contributed by atoms with Gasteiger partial charge in [0, 0.05) is 12.2 Å². The number of carbonyl (C=O) groups excluding carboxylic acids is 2. The van der Waals surface area contributed by atoms with Gasteiger partial charge in [0.15, 0.2) is 0 Å². The number of benzene rings is 2. The first-order chi connectivity index (χ1) is 11.5. The Kier molecular flexibility index (Phi) is 4.20.